The van der Waals surface area contributed by atoms with Crippen LogP contribution in [-0.2, 0) is 21.4 Å². The predicted molar refractivity (Wildman–Crippen MR) is 115 cm³/mol. The summed E-state index contributed by atoms with van der Waals surface area (Å²) in [6, 6.07) is 5.56. The van der Waals surface area contributed by atoms with Gasteiger partial charge in [0.1, 0.15) is 11.5 Å². The Morgan fingerprint density at radius 3 is 2.63 bits per heavy atom. The van der Waals surface area contributed by atoms with E-state index in [9.17, 15) is 22.8 Å². The van der Waals surface area contributed by atoms with E-state index in [0.717, 1.165) is 12.8 Å². The summed E-state index contributed by atoms with van der Waals surface area (Å²) in [5, 5.41) is 7.67. The minimum absolute atomic E-state index is 0.0108. The topological polar surface area (TPSA) is 173 Å². The number of nitrogens with zero attached hydrogens (tertiary/aromatic N) is 2. The van der Waals surface area contributed by atoms with E-state index in [2.05, 4.69) is 10.3 Å². The highest BCUT2D eigenvalue weighted by atomic mass is 32.2. The molecule has 0 bridgehead atoms. The van der Waals surface area contributed by atoms with Crippen LogP contribution in [0.3, 0.4) is 0 Å². The monoisotopic (exact) mass is 438 g/mol. The highest BCUT2D eigenvalue weighted by Gasteiger charge is 2.17. The Kier molecular flexibility index (Phi) is 7.40. The summed E-state index contributed by atoms with van der Waals surface area (Å²) < 4.78 is 24.1. The number of carbonyl (C=O) groups excluding carboxylic acids is 1. The van der Waals surface area contributed by atoms with Gasteiger partial charge in [0.2, 0.25) is 15.9 Å². The molecule has 30 heavy (non-hydrogen) atoms. The van der Waals surface area contributed by atoms with Crippen molar-refractivity contribution in [2.24, 2.45) is 5.14 Å². The van der Waals surface area contributed by atoms with Crippen LogP contribution in [0.4, 0.5) is 17.2 Å². The molecule has 6 N–H and O–H groups in total. The first kappa shape index (κ1) is 23.2. The quantitative estimate of drug-likeness (QED) is 0.427. The second-order valence-corrected chi connectivity index (χ2v) is 8.35. The summed E-state index contributed by atoms with van der Waals surface area (Å²) in [5.41, 5.74) is 5.23. The van der Waals surface area contributed by atoms with Gasteiger partial charge in [-0.1, -0.05) is 19.4 Å². The van der Waals surface area contributed by atoms with Gasteiger partial charge in [-0.15, -0.1) is 0 Å². The minimum atomic E-state index is -3.89. The zero-order valence-corrected chi connectivity index (χ0v) is 17.7. The highest BCUT2D eigenvalue weighted by Crippen LogP contribution is 2.17. The molecule has 1 aromatic carbocycles. The van der Waals surface area contributed by atoms with E-state index in [0.29, 0.717) is 6.54 Å². The first-order valence-corrected chi connectivity index (χ1v) is 10.9. The Balaban J connectivity index is 2.10. The molecule has 1 heterocycles. The number of aromatic amines is 1. The lowest BCUT2D eigenvalue weighted by molar-refractivity contribution is -0.116. The summed E-state index contributed by atoms with van der Waals surface area (Å²) in [6.45, 7) is 2.48. The summed E-state index contributed by atoms with van der Waals surface area (Å²) >= 11 is 0. The molecule has 0 aliphatic heterocycles. The molecule has 0 atom stereocenters. The Hall–Kier alpha value is -3.12. The maximum absolute atomic E-state index is 12.3. The largest absolute Gasteiger partial charge is 0.383 e. The Morgan fingerprint density at radius 1 is 1.30 bits per heavy atom. The third-order valence-electron chi connectivity index (χ3n) is 4.45. The zero-order valence-electron chi connectivity index (χ0n) is 16.8. The third-order valence-corrected chi connectivity index (χ3v) is 5.36. The molecule has 0 radical (unpaired) electrons. The Morgan fingerprint density at radius 2 is 2.00 bits per heavy atom. The van der Waals surface area contributed by atoms with E-state index < -0.39 is 27.2 Å². The number of hydrogen-bond donors (Lipinski definition) is 4. The Labute approximate surface area is 173 Å². The van der Waals surface area contributed by atoms with Crippen LogP contribution in [0.5, 0.6) is 0 Å². The molecule has 1 amide bonds. The van der Waals surface area contributed by atoms with E-state index in [1.807, 2.05) is 6.92 Å². The van der Waals surface area contributed by atoms with Gasteiger partial charge in [-0.05, 0) is 24.6 Å². The molecule has 2 aromatic rings. The van der Waals surface area contributed by atoms with Gasteiger partial charge >= 0.3 is 5.69 Å². The normalized spacial score (nSPS) is 11.3. The number of amides is 1. The fourth-order valence-corrected chi connectivity index (χ4v) is 3.40. The summed E-state index contributed by atoms with van der Waals surface area (Å²) in [5.74, 6) is -0.358. The number of aromatic nitrogens is 2. The van der Waals surface area contributed by atoms with Crippen molar-refractivity contribution >= 4 is 33.1 Å². The molecular weight excluding hydrogens is 412 g/mol. The first-order valence-electron chi connectivity index (χ1n) is 9.31. The van der Waals surface area contributed by atoms with Crippen LogP contribution in [0, 0.1) is 0 Å². The molecule has 1 aromatic heterocycles. The number of sulfonamides is 1. The molecule has 11 nitrogen and oxygen atoms in total. The molecule has 12 heteroatoms. The van der Waals surface area contributed by atoms with Gasteiger partial charge in [0.05, 0.1) is 4.90 Å². The Bertz CT molecular complexity index is 1140. The number of carbonyl (C=O) groups is 1. The van der Waals surface area contributed by atoms with Gasteiger partial charge in [0, 0.05) is 32.2 Å². The van der Waals surface area contributed by atoms with E-state index in [1.54, 1.807) is 7.05 Å². The van der Waals surface area contributed by atoms with Crippen LogP contribution in [0.25, 0.3) is 0 Å². The van der Waals surface area contributed by atoms with Crippen LogP contribution < -0.4 is 32.3 Å². The molecule has 2 rings (SSSR count). The van der Waals surface area contributed by atoms with Crippen molar-refractivity contribution in [3.05, 3.63) is 45.1 Å². The van der Waals surface area contributed by atoms with Crippen molar-refractivity contribution in [1.82, 2.24) is 9.55 Å². The number of nitrogens with one attached hydrogen (secondary N) is 2. The van der Waals surface area contributed by atoms with Crippen LogP contribution in [-0.4, -0.2) is 37.5 Å². The predicted octanol–water partition coefficient (Wildman–Crippen LogP) is 0.0313. The van der Waals surface area contributed by atoms with E-state index >= 15 is 0 Å². The lowest BCUT2D eigenvalue weighted by atomic mass is 10.3. The SMILES string of the molecule is CCCCn1c(N)c(N(C)CCC(=O)Nc2cccc(S(N)(=O)=O)c2)c(=O)[nH]c1=O. The average Bonchev–Trinajstić information content (AvgIpc) is 2.65. The van der Waals surface area contributed by atoms with E-state index in [1.165, 1.54) is 33.7 Å². The maximum Gasteiger partial charge on any atom is 0.330 e. The number of anilines is 3. The van der Waals surface area contributed by atoms with Gasteiger partial charge in [0.25, 0.3) is 5.56 Å². The number of rotatable bonds is 9. The van der Waals surface area contributed by atoms with Crippen LogP contribution in [0.15, 0.2) is 38.8 Å². The van der Waals surface area contributed by atoms with Crippen LogP contribution >= 0.6 is 0 Å². The molecule has 0 aliphatic rings. The standard InChI is InChI=1S/C18H26N6O5S/c1-3-4-9-24-16(19)15(17(26)22-18(24)27)23(2)10-8-14(25)21-12-6-5-7-13(11-12)30(20,28)29/h5-7,11H,3-4,8-10,19H2,1-2H3,(H,21,25)(H2,20,28,29)(H,22,26,27). The van der Waals surface area contributed by atoms with E-state index in [4.69, 9.17) is 10.9 Å². The summed E-state index contributed by atoms with van der Waals surface area (Å²) in [4.78, 5) is 40.1. The van der Waals surface area contributed by atoms with E-state index in [-0.39, 0.29) is 35.1 Å². The number of hydrogen-bond acceptors (Lipinski definition) is 7. The van der Waals surface area contributed by atoms with Gasteiger partial charge in [0.15, 0.2) is 0 Å². The maximum atomic E-state index is 12.3. The lowest BCUT2D eigenvalue weighted by Crippen LogP contribution is -2.38. The second-order valence-electron chi connectivity index (χ2n) is 6.79. The van der Waals surface area contributed by atoms with Crippen LogP contribution in [0.1, 0.15) is 26.2 Å². The molecule has 0 aliphatic carbocycles. The molecule has 0 saturated carbocycles. The second kappa shape index (κ2) is 9.59. The first-order chi connectivity index (χ1) is 14.0. The molecule has 0 fully saturated rings. The minimum Gasteiger partial charge on any atom is -0.383 e. The highest BCUT2D eigenvalue weighted by molar-refractivity contribution is 7.89. The number of primary sulfonamides is 1. The van der Waals surface area contributed by atoms with Gasteiger partial charge in [-0.2, -0.15) is 0 Å². The number of H-pyrrole nitrogens is 1. The molecule has 0 saturated heterocycles. The molecule has 164 valence electrons. The smallest absolute Gasteiger partial charge is 0.330 e. The number of nitrogens with two attached hydrogens (primary N) is 2. The van der Waals surface area contributed by atoms with Crippen molar-refractivity contribution in [2.45, 2.75) is 37.6 Å². The van der Waals surface area contributed by atoms with Crippen molar-refractivity contribution in [3.63, 3.8) is 0 Å². The number of nitrogen functional groups attached to an aromatic ring is 1. The van der Waals surface area contributed by atoms with Crippen molar-refractivity contribution < 1.29 is 13.2 Å². The third kappa shape index (κ3) is 5.70. The van der Waals surface area contributed by atoms with Gasteiger partial charge in [-0.3, -0.25) is 19.1 Å². The van der Waals surface area contributed by atoms with Crippen LogP contribution in [0.2, 0.25) is 0 Å². The lowest BCUT2D eigenvalue weighted by Gasteiger charge is -2.21. The summed E-state index contributed by atoms with van der Waals surface area (Å²) in [7, 11) is -2.30. The zero-order chi connectivity index (χ0) is 22.5. The fraction of sp³-hybridized carbons (Fsp3) is 0.389. The fourth-order valence-electron chi connectivity index (χ4n) is 2.84. The molecule has 0 spiro atoms. The van der Waals surface area contributed by atoms with Crippen molar-refractivity contribution in [1.29, 1.82) is 0 Å². The average molecular weight is 439 g/mol. The van der Waals surface area contributed by atoms with Crippen molar-refractivity contribution in [3.8, 4) is 0 Å². The molecular formula is C18H26N6O5S. The van der Waals surface area contributed by atoms with Crippen molar-refractivity contribution in [2.75, 3.05) is 29.5 Å². The number of benzene rings is 1. The molecule has 0 unspecified atom stereocenters. The number of unbranched alkanes of at least 4 members (excludes halogenated alkanes) is 1. The summed E-state index contributed by atoms with van der Waals surface area (Å²) in [6.07, 6.45) is 1.56. The van der Waals surface area contributed by atoms with Gasteiger partial charge in [-0.25, -0.2) is 18.4 Å². The van der Waals surface area contributed by atoms with Gasteiger partial charge < -0.3 is 16.0 Å².